The van der Waals surface area contributed by atoms with Crippen LogP contribution in [0.4, 0.5) is 26.7 Å². The number of nitrogens with zero attached hydrogens (tertiary/aromatic N) is 2. The molecule has 0 bridgehead atoms. The van der Waals surface area contributed by atoms with Gasteiger partial charge in [-0.1, -0.05) is 0 Å². The summed E-state index contributed by atoms with van der Waals surface area (Å²) in [5, 5.41) is 2.06. The van der Waals surface area contributed by atoms with Gasteiger partial charge < -0.3 is 15.2 Å². The van der Waals surface area contributed by atoms with Crippen molar-refractivity contribution in [1.82, 2.24) is 15.2 Å². The third-order valence-electron chi connectivity index (χ3n) is 6.30. The molecule has 0 spiro atoms. The number of nitrogens with one attached hydrogen (secondary N) is 1. The molecule has 212 valence electrons. The fourth-order valence-corrected chi connectivity index (χ4v) is 4.28. The van der Waals surface area contributed by atoms with Crippen molar-refractivity contribution in [3.63, 3.8) is 0 Å². The molecule has 0 radical (unpaired) electrons. The molecule has 2 aliphatic heterocycles. The molecule has 1 aromatic heterocycles. The maximum absolute atomic E-state index is 15.3. The van der Waals surface area contributed by atoms with Crippen molar-refractivity contribution >= 4 is 30.3 Å². The lowest BCUT2D eigenvalue weighted by Gasteiger charge is -2.37. The topological polar surface area (TPSA) is 124 Å². The van der Waals surface area contributed by atoms with Crippen LogP contribution in [0.3, 0.4) is 0 Å². The van der Waals surface area contributed by atoms with Gasteiger partial charge in [-0.15, -0.1) is 12.4 Å². The third-order valence-corrected chi connectivity index (χ3v) is 6.30. The van der Waals surface area contributed by atoms with Gasteiger partial charge in [-0.3, -0.25) is 19.8 Å². The number of imide groups is 2. The molecule has 3 heterocycles. The maximum Gasteiger partial charge on any atom is 0.433 e. The fraction of sp³-hybridized carbons (Fsp3) is 0.417. The van der Waals surface area contributed by atoms with Crippen LogP contribution in [0.1, 0.15) is 36.6 Å². The number of benzene rings is 1. The van der Waals surface area contributed by atoms with Crippen molar-refractivity contribution in [2.45, 2.75) is 43.7 Å². The van der Waals surface area contributed by atoms with E-state index in [1.165, 1.54) is 0 Å². The van der Waals surface area contributed by atoms with Gasteiger partial charge in [0.2, 0.25) is 11.8 Å². The Morgan fingerprint density at radius 3 is 2.41 bits per heavy atom. The highest BCUT2D eigenvalue weighted by molar-refractivity contribution is 6.16. The number of amides is 4. The van der Waals surface area contributed by atoms with Crippen molar-refractivity contribution in [3.8, 4) is 11.5 Å². The maximum atomic E-state index is 15.3. The molecule has 3 atom stereocenters. The van der Waals surface area contributed by atoms with Crippen LogP contribution in [-0.2, 0) is 20.5 Å². The van der Waals surface area contributed by atoms with E-state index in [1.807, 2.05) is 0 Å². The Morgan fingerprint density at radius 2 is 1.79 bits per heavy atom. The number of carbonyl (C=O) groups is 3. The molecular formula is C24H24ClF5N4O5. The van der Waals surface area contributed by atoms with Gasteiger partial charge in [-0.2, -0.15) is 13.2 Å². The quantitative estimate of drug-likeness (QED) is 0.375. The average Bonchev–Trinajstić information content (AvgIpc) is 2.87. The zero-order chi connectivity index (χ0) is 27.6. The number of halogens is 6. The smallest absolute Gasteiger partial charge is 0.433 e. The molecule has 3 unspecified atom stereocenters. The summed E-state index contributed by atoms with van der Waals surface area (Å²) < 4.78 is 78.5. The molecule has 2 aliphatic rings. The van der Waals surface area contributed by atoms with E-state index in [-0.39, 0.29) is 29.5 Å². The molecule has 0 saturated carbocycles. The summed E-state index contributed by atoms with van der Waals surface area (Å²) in [7, 11) is 0. The van der Waals surface area contributed by atoms with Gasteiger partial charge in [-0.25, -0.2) is 18.6 Å². The van der Waals surface area contributed by atoms with E-state index in [4.69, 9.17) is 15.2 Å². The third kappa shape index (κ3) is 6.81. The largest absolute Gasteiger partial charge is 0.456 e. The normalized spacial score (nSPS) is 20.2. The van der Waals surface area contributed by atoms with Crippen molar-refractivity contribution in [3.05, 3.63) is 53.6 Å². The summed E-state index contributed by atoms with van der Waals surface area (Å²) in [5.41, 5.74) is 4.45. The Labute approximate surface area is 225 Å². The second kappa shape index (κ2) is 12.2. The lowest BCUT2D eigenvalue weighted by molar-refractivity contribution is -0.146. The molecule has 15 heteroatoms. The van der Waals surface area contributed by atoms with Gasteiger partial charge in [0.25, 0.3) is 0 Å². The summed E-state index contributed by atoms with van der Waals surface area (Å²) in [6.07, 6.45) is -5.89. The number of hydrogen-bond acceptors (Lipinski definition) is 7. The first kappa shape index (κ1) is 30.2. The summed E-state index contributed by atoms with van der Waals surface area (Å²) in [5.74, 6) is -4.47. The van der Waals surface area contributed by atoms with Gasteiger partial charge in [0, 0.05) is 31.2 Å². The van der Waals surface area contributed by atoms with E-state index in [1.54, 1.807) is 0 Å². The first-order valence-corrected chi connectivity index (χ1v) is 11.6. The van der Waals surface area contributed by atoms with Gasteiger partial charge in [0.1, 0.15) is 35.1 Å². The first-order valence-electron chi connectivity index (χ1n) is 11.6. The predicted octanol–water partition coefficient (Wildman–Crippen LogP) is 4.06. The van der Waals surface area contributed by atoms with Crippen LogP contribution in [0.5, 0.6) is 11.5 Å². The molecule has 2 saturated heterocycles. The number of alkyl halides is 4. The number of carbonyl (C=O) groups excluding carboxylic acids is 3. The van der Waals surface area contributed by atoms with E-state index >= 15 is 4.39 Å². The fourth-order valence-electron chi connectivity index (χ4n) is 4.28. The van der Waals surface area contributed by atoms with Crippen molar-refractivity contribution in [1.29, 1.82) is 0 Å². The number of barbiturate groups is 1. The van der Waals surface area contributed by atoms with Crippen molar-refractivity contribution in [2.24, 2.45) is 11.7 Å². The molecule has 0 aliphatic carbocycles. The molecule has 4 amide bonds. The molecule has 4 rings (SSSR count). The molecule has 2 aromatic rings. The van der Waals surface area contributed by atoms with E-state index in [0.717, 1.165) is 35.4 Å². The zero-order valence-corrected chi connectivity index (χ0v) is 20.9. The Kier molecular flexibility index (Phi) is 9.46. The van der Waals surface area contributed by atoms with Crippen LogP contribution >= 0.6 is 12.4 Å². The highest BCUT2D eigenvalue weighted by Crippen LogP contribution is 2.33. The lowest BCUT2D eigenvalue weighted by atomic mass is 9.91. The van der Waals surface area contributed by atoms with E-state index < -0.39 is 66.1 Å². The standard InChI is InChI=1S/C24H23F5N4O5.ClH/c25-17-3-1-13(38-14-2-4-19(31-11-14)24(27,28)29)9-15(17)20(30)18(26)10-16-21(34)32-23(36)33(22(16)35)12-5-7-37-8-6-12;/h1-4,9,11-12,16,18,20H,5-8,10,30H2,(H,32,34,36);1H. The van der Waals surface area contributed by atoms with Gasteiger partial charge in [0.15, 0.2) is 0 Å². The summed E-state index contributed by atoms with van der Waals surface area (Å²) >= 11 is 0. The molecule has 9 nitrogen and oxygen atoms in total. The van der Waals surface area contributed by atoms with E-state index in [0.29, 0.717) is 32.1 Å². The molecule has 39 heavy (non-hydrogen) atoms. The number of urea groups is 1. The highest BCUT2D eigenvalue weighted by atomic mass is 35.5. The van der Waals surface area contributed by atoms with Gasteiger partial charge in [0.05, 0.1) is 12.2 Å². The van der Waals surface area contributed by atoms with E-state index in [9.17, 15) is 31.9 Å². The van der Waals surface area contributed by atoms with Crippen LogP contribution < -0.4 is 15.8 Å². The second-order valence-corrected chi connectivity index (χ2v) is 8.84. The monoisotopic (exact) mass is 578 g/mol. The number of pyridine rings is 1. The van der Waals surface area contributed by atoms with Crippen molar-refractivity contribution < 1.29 is 45.8 Å². The number of ether oxygens (including phenoxy) is 2. The number of hydrogen-bond donors (Lipinski definition) is 2. The Morgan fingerprint density at radius 1 is 1.13 bits per heavy atom. The number of nitrogens with two attached hydrogens (primary N) is 1. The molecule has 3 N–H and O–H groups in total. The number of aromatic nitrogens is 1. The molecular weight excluding hydrogens is 555 g/mol. The summed E-state index contributed by atoms with van der Waals surface area (Å²) in [6.45, 7) is 0.633. The van der Waals surface area contributed by atoms with E-state index in [2.05, 4.69) is 10.3 Å². The lowest BCUT2D eigenvalue weighted by Crippen LogP contribution is -2.62. The minimum absolute atomic E-state index is 0. The predicted molar refractivity (Wildman–Crippen MR) is 127 cm³/mol. The Bertz CT molecular complexity index is 1210. The highest BCUT2D eigenvalue weighted by Gasteiger charge is 2.45. The SMILES string of the molecule is Cl.NC(c1cc(Oc2ccc(C(F)(F)F)nc2)ccc1F)C(F)CC1C(=O)NC(=O)N(C2CCOCC2)C1=O. The molecule has 2 fully saturated rings. The van der Waals surface area contributed by atoms with Crippen molar-refractivity contribution in [2.75, 3.05) is 13.2 Å². The van der Waals surface area contributed by atoms with Crippen LogP contribution in [0.25, 0.3) is 0 Å². The van der Waals surface area contributed by atoms with Crippen LogP contribution in [0.15, 0.2) is 36.5 Å². The molecule has 1 aromatic carbocycles. The summed E-state index contributed by atoms with van der Waals surface area (Å²) in [4.78, 5) is 41.8. The minimum atomic E-state index is -4.64. The van der Waals surface area contributed by atoms with Gasteiger partial charge in [-0.05, 0) is 43.2 Å². The minimum Gasteiger partial charge on any atom is -0.456 e. The van der Waals surface area contributed by atoms with Gasteiger partial charge >= 0.3 is 12.2 Å². The zero-order valence-electron chi connectivity index (χ0n) is 20.1. The van der Waals surface area contributed by atoms with Crippen LogP contribution in [0.2, 0.25) is 0 Å². The summed E-state index contributed by atoms with van der Waals surface area (Å²) in [6, 6.07) is 1.81. The van der Waals surface area contributed by atoms with Crippen LogP contribution in [0, 0.1) is 11.7 Å². The Hall–Kier alpha value is -3.36. The first-order chi connectivity index (χ1) is 18.0. The second-order valence-electron chi connectivity index (χ2n) is 8.84. The van der Waals surface area contributed by atoms with Crippen LogP contribution in [-0.4, -0.2) is 53.2 Å². The Balaban J connectivity index is 0.00000420. The average molecular weight is 579 g/mol. The number of rotatable bonds is 7.